The average molecular weight is 304 g/mol. The van der Waals surface area contributed by atoms with E-state index in [0.717, 1.165) is 37.7 Å². The van der Waals surface area contributed by atoms with E-state index >= 15 is 0 Å². The summed E-state index contributed by atoms with van der Waals surface area (Å²) in [6, 6.07) is 8.48. The molecule has 22 heavy (non-hydrogen) atoms. The molecule has 1 heterocycles. The van der Waals surface area contributed by atoms with Crippen molar-refractivity contribution in [3.05, 3.63) is 29.8 Å². The van der Waals surface area contributed by atoms with Crippen LogP contribution < -0.4 is 4.74 Å². The topological polar surface area (TPSA) is 18.5 Å². The van der Waals surface area contributed by atoms with Gasteiger partial charge in [-0.2, -0.15) is 0 Å². The van der Waals surface area contributed by atoms with Gasteiger partial charge in [0.15, 0.2) is 0 Å². The number of rotatable bonds is 9. The lowest BCUT2D eigenvalue weighted by Gasteiger charge is -2.29. The first kappa shape index (κ1) is 17.3. The van der Waals surface area contributed by atoms with Crippen LogP contribution in [0.3, 0.4) is 0 Å². The van der Waals surface area contributed by atoms with Crippen LogP contribution in [0.1, 0.15) is 76.9 Å². The highest BCUT2D eigenvalue weighted by atomic mass is 16.5. The van der Waals surface area contributed by atoms with Crippen molar-refractivity contribution in [2.75, 3.05) is 13.2 Å². The zero-order valence-electron chi connectivity index (χ0n) is 14.4. The van der Waals surface area contributed by atoms with Gasteiger partial charge in [-0.05, 0) is 49.3 Å². The van der Waals surface area contributed by atoms with Gasteiger partial charge in [0.25, 0.3) is 0 Å². The average Bonchev–Trinajstić information content (AvgIpc) is 2.58. The summed E-state index contributed by atoms with van der Waals surface area (Å²) in [4.78, 5) is 0. The second kappa shape index (κ2) is 9.89. The molecular formula is C20H32O2. The summed E-state index contributed by atoms with van der Waals surface area (Å²) in [7, 11) is 0. The molecule has 2 rings (SSSR count). The van der Waals surface area contributed by atoms with Gasteiger partial charge in [-0.15, -0.1) is 0 Å². The minimum Gasteiger partial charge on any atom is -0.494 e. The largest absolute Gasteiger partial charge is 0.494 e. The van der Waals surface area contributed by atoms with Crippen molar-refractivity contribution in [2.45, 2.75) is 71.3 Å². The third-order valence-corrected chi connectivity index (χ3v) is 4.56. The number of hydrogen-bond donors (Lipinski definition) is 0. The molecule has 2 nitrogen and oxygen atoms in total. The van der Waals surface area contributed by atoms with E-state index in [-0.39, 0.29) is 6.10 Å². The molecule has 0 amide bonds. The molecule has 0 saturated carbocycles. The van der Waals surface area contributed by atoms with Gasteiger partial charge in [-0.25, -0.2) is 0 Å². The highest BCUT2D eigenvalue weighted by Crippen LogP contribution is 2.33. The molecule has 1 aliphatic rings. The van der Waals surface area contributed by atoms with Crippen LogP contribution in [-0.4, -0.2) is 13.2 Å². The second-order valence-electron chi connectivity index (χ2n) is 6.53. The molecular weight excluding hydrogens is 272 g/mol. The van der Waals surface area contributed by atoms with Gasteiger partial charge < -0.3 is 9.47 Å². The Hall–Kier alpha value is -1.02. The Morgan fingerprint density at radius 2 is 1.82 bits per heavy atom. The first-order valence-corrected chi connectivity index (χ1v) is 9.17. The minimum atomic E-state index is 0.284. The van der Waals surface area contributed by atoms with Gasteiger partial charge in [0.05, 0.1) is 19.3 Å². The molecule has 0 bridgehead atoms. The maximum absolute atomic E-state index is 6.11. The van der Waals surface area contributed by atoms with Crippen LogP contribution >= 0.6 is 0 Å². The summed E-state index contributed by atoms with van der Waals surface area (Å²) in [5, 5.41) is 0. The minimum absolute atomic E-state index is 0.284. The van der Waals surface area contributed by atoms with E-state index in [0.29, 0.717) is 0 Å². The summed E-state index contributed by atoms with van der Waals surface area (Å²) < 4.78 is 11.8. The summed E-state index contributed by atoms with van der Waals surface area (Å²) in [6.45, 7) is 6.12. The van der Waals surface area contributed by atoms with E-state index in [1.807, 2.05) is 0 Å². The monoisotopic (exact) mass is 304 g/mol. The smallest absolute Gasteiger partial charge is 0.119 e. The molecule has 0 N–H and O–H groups in total. The number of ether oxygens (including phenoxy) is 2. The molecule has 124 valence electrons. The Labute approximate surface area is 136 Å². The predicted molar refractivity (Wildman–Crippen MR) is 92.4 cm³/mol. The van der Waals surface area contributed by atoms with Crippen molar-refractivity contribution >= 4 is 0 Å². The first-order valence-electron chi connectivity index (χ1n) is 9.17. The van der Waals surface area contributed by atoms with Crippen molar-refractivity contribution in [3.8, 4) is 5.75 Å². The molecule has 1 fully saturated rings. The normalized spacial score (nSPS) is 21.7. The third-order valence-electron chi connectivity index (χ3n) is 4.56. The fraction of sp³-hybridized carbons (Fsp3) is 0.700. The summed E-state index contributed by atoms with van der Waals surface area (Å²) in [5.41, 5.74) is 1.30. The molecule has 0 aliphatic carbocycles. The van der Waals surface area contributed by atoms with Gasteiger partial charge in [0.1, 0.15) is 5.75 Å². The van der Waals surface area contributed by atoms with E-state index in [9.17, 15) is 0 Å². The van der Waals surface area contributed by atoms with Crippen LogP contribution in [0.15, 0.2) is 24.3 Å². The van der Waals surface area contributed by atoms with Crippen LogP contribution in [0.5, 0.6) is 5.75 Å². The number of benzene rings is 1. The predicted octanol–water partition coefficient (Wildman–Crippen LogP) is 5.91. The Morgan fingerprint density at radius 1 is 1.00 bits per heavy atom. The van der Waals surface area contributed by atoms with E-state index in [4.69, 9.17) is 9.47 Å². The second-order valence-corrected chi connectivity index (χ2v) is 6.53. The SMILES string of the molecule is CCCCCCC1CCC(c2ccc(OCCC)cc2)OC1. The fourth-order valence-corrected chi connectivity index (χ4v) is 3.15. The number of unbranched alkanes of at least 4 members (excludes halogenated alkanes) is 3. The zero-order chi connectivity index (χ0) is 15.6. The van der Waals surface area contributed by atoms with E-state index < -0.39 is 0 Å². The maximum atomic E-state index is 6.11. The molecule has 1 aliphatic heterocycles. The molecule has 0 spiro atoms. The first-order chi connectivity index (χ1) is 10.8. The summed E-state index contributed by atoms with van der Waals surface area (Å²) >= 11 is 0. The quantitative estimate of drug-likeness (QED) is 0.528. The highest BCUT2D eigenvalue weighted by Gasteiger charge is 2.22. The molecule has 1 saturated heterocycles. The lowest BCUT2D eigenvalue weighted by Crippen LogP contribution is -2.20. The van der Waals surface area contributed by atoms with Crippen LogP contribution in [0.2, 0.25) is 0 Å². The molecule has 2 atom stereocenters. The van der Waals surface area contributed by atoms with E-state index in [1.165, 1.54) is 44.1 Å². The van der Waals surface area contributed by atoms with Gasteiger partial charge in [0, 0.05) is 0 Å². The molecule has 2 unspecified atom stereocenters. The Kier molecular flexibility index (Phi) is 7.79. The maximum Gasteiger partial charge on any atom is 0.119 e. The molecule has 0 aromatic heterocycles. The van der Waals surface area contributed by atoms with Gasteiger partial charge in [0.2, 0.25) is 0 Å². The molecule has 1 aromatic carbocycles. The Bertz CT molecular complexity index is 391. The molecule has 2 heteroatoms. The van der Waals surface area contributed by atoms with Gasteiger partial charge in [-0.1, -0.05) is 51.7 Å². The van der Waals surface area contributed by atoms with Crippen molar-refractivity contribution < 1.29 is 9.47 Å². The van der Waals surface area contributed by atoms with Gasteiger partial charge in [-0.3, -0.25) is 0 Å². The third kappa shape index (κ3) is 5.64. The standard InChI is InChI=1S/C20H32O2/c1-3-5-6-7-8-17-9-14-20(22-16-17)18-10-12-19(13-11-18)21-15-4-2/h10-13,17,20H,3-9,14-16H2,1-2H3. The van der Waals surface area contributed by atoms with Crippen molar-refractivity contribution in [1.29, 1.82) is 0 Å². The highest BCUT2D eigenvalue weighted by molar-refractivity contribution is 5.28. The summed E-state index contributed by atoms with van der Waals surface area (Å²) in [6.07, 6.45) is 10.6. The van der Waals surface area contributed by atoms with Crippen LogP contribution in [0, 0.1) is 5.92 Å². The Balaban J connectivity index is 1.72. The lowest BCUT2D eigenvalue weighted by molar-refractivity contribution is -0.0199. The fourth-order valence-electron chi connectivity index (χ4n) is 3.15. The van der Waals surface area contributed by atoms with Crippen LogP contribution in [0.4, 0.5) is 0 Å². The Morgan fingerprint density at radius 3 is 2.45 bits per heavy atom. The zero-order valence-corrected chi connectivity index (χ0v) is 14.4. The van der Waals surface area contributed by atoms with Gasteiger partial charge >= 0.3 is 0 Å². The lowest BCUT2D eigenvalue weighted by atomic mass is 9.91. The van der Waals surface area contributed by atoms with Crippen LogP contribution in [-0.2, 0) is 4.74 Å². The number of hydrogen-bond acceptors (Lipinski definition) is 2. The van der Waals surface area contributed by atoms with E-state index in [2.05, 4.69) is 38.1 Å². The van der Waals surface area contributed by atoms with Crippen LogP contribution in [0.25, 0.3) is 0 Å². The summed E-state index contributed by atoms with van der Waals surface area (Å²) in [5.74, 6) is 1.75. The van der Waals surface area contributed by atoms with Crippen molar-refractivity contribution in [1.82, 2.24) is 0 Å². The van der Waals surface area contributed by atoms with E-state index in [1.54, 1.807) is 0 Å². The molecule has 0 radical (unpaired) electrons. The van der Waals surface area contributed by atoms with Crippen molar-refractivity contribution in [2.24, 2.45) is 5.92 Å². The molecule has 1 aromatic rings. The van der Waals surface area contributed by atoms with Crippen molar-refractivity contribution in [3.63, 3.8) is 0 Å².